The zero-order chi connectivity index (χ0) is 16.0. The smallest absolute Gasteiger partial charge is 0.243 e. The molecular weight excluding hydrogens is 306 g/mol. The lowest BCUT2D eigenvalue weighted by molar-refractivity contribution is -0.125. The molecule has 0 aliphatic carbocycles. The molecule has 124 valence electrons. The number of halogens is 1. The highest BCUT2D eigenvalue weighted by Gasteiger charge is 2.16. The average molecular weight is 330 g/mol. The minimum atomic E-state index is -0.304. The van der Waals surface area contributed by atoms with Gasteiger partial charge in [-0.05, 0) is 23.6 Å². The van der Waals surface area contributed by atoms with Gasteiger partial charge < -0.3 is 21.1 Å². The summed E-state index contributed by atoms with van der Waals surface area (Å²) in [6.07, 6.45) is 0.371. The summed E-state index contributed by atoms with van der Waals surface area (Å²) in [5, 5.41) is 5.25. The number of nitrogens with two attached hydrogens (primary N) is 1. The first kappa shape index (κ1) is 20.1. The molecule has 0 saturated heterocycles. The highest BCUT2D eigenvalue weighted by molar-refractivity contribution is 5.95. The fraction of sp³-hybridized carbons (Fsp3) is 0.467. The van der Waals surface area contributed by atoms with Crippen molar-refractivity contribution in [2.24, 2.45) is 5.41 Å². The van der Waals surface area contributed by atoms with Crippen LogP contribution in [0.2, 0.25) is 0 Å². The third-order valence-corrected chi connectivity index (χ3v) is 2.65. The number of amides is 2. The molecular formula is C15H24ClN3O3. The molecule has 0 aliphatic heterocycles. The average Bonchev–Trinajstić information content (AvgIpc) is 2.34. The summed E-state index contributed by atoms with van der Waals surface area (Å²) in [4.78, 5) is 23.4. The molecule has 1 aromatic carbocycles. The minimum absolute atomic E-state index is 0. The largest absolute Gasteiger partial charge is 0.495 e. The lowest BCUT2D eigenvalue weighted by atomic mass is 9.92. The number of methoxy groups -OCH3 is 1. The standard InChI is InChI=1S/C15H23N3O3.ClH/c1-15(2,3)8-13(19)17-9-14(20)18-10-5-6-12(21-4)11(16)7-10;/h5-7H,8-9,16H2,1-4H3,(H,17,19)(H,18,20);1H. The van der Waals surface area contributed by atoms with E-state index in [1.54, 1.807) is 18.2 Å². The van der Waals surface area contributed by atoms with Crippen LogP contribution in [0.1, 0.15) is 27.2 Å². The Balaban J connectivity index is 0.00000441. The van der Waals surface area contributed by atoms with Gasteiger partial charge in [0, 0.05) is 12.1 Å². The Morgan fingerprint density at radius 1 is 1.23 bits per heavy atom. The van der Waals surface area contributed by atoms with Crippen molar-refractivity contribution in [3.63, 3.8) is 0 Å². The highest BCUT2D eigenvalue weighted by atomic mass is 35.5. The molecule has 0 fully saturated rings. The third-order valence-electron chi connectivity index (χ3n) is 2.65. The van der Waals surface area contributed by atoms with Gasteiger partial charge in [0.05, 0.1) is 19.3 Å². The molecule has 0 saturated carbocycles. The van der Waals surface area contributed by atoms with Crippen LogP contribution in [0.15, 0.2) is 18.2 Å². The van der Waals surface area contributed by atoms with Crippen molar-refractivity contribution in [3.05, 3.63) is 18.2 Å². The summed E-state index contributed by atoms with van der Waals surface area (Å²) in [6, 6.07) is 4.96. The van der Waals surface area contributed by atoms with Crippen LogP contribution in [0.4, 0.5) is 11.4 Å². The third kappa shape index (κ3) is 7.17. The first-order chi connectivity index (χ1) is 9.71. The van der Waals surface area contributed by atoms with Gasteiger partial charge in [-0.25, -0.2) is 0 Å². The number of nitrogens with one attached hydrogen (secondary N) is 2. The summed E-state index contributed by atoms with van der Waals surface area (Å²) in [7, 11) is 1.52. The molecule has 0 aromatic heterocycles. The minimum Gasteiger partial charge on any atom is -0.495 e. The Labute approximate surface area is 137 Å². The summed E-state index contributed by atoms with van der Waals surface area (Å²) in [6.45, 7) is 5.83. The van der Waals surface area contributed by atoms with Crippen LogP contribution >= 0.6 is 12.4 Å². The van der Waals surface area contributed by atoms with Crippen molar-refractivity contribution in [2.75, 3.05) is 24.7 Å². The first-order valence-corrected chi connectivity index (χ1v) is 6.71. The van der Waals surface area contributed by atoms with E-state index in [1.165, 1.54) is 7.11 Å². The van der Waals surface area contributed by atoms with E-state index in [1.807, 2.05) is 20.8 Å². The molecule has 6 nitrogen and oxygen atoms in total. The van der Waals surface area contributed by atoms with Gasteiger partial charge in [-0.15, -0.1) is 12.4 Å². The van der Waals surface area contributed by atoms with E-state index < -0.39 is 0 Å². The van der Waals surface area contributed by atoms with E-state index >= 15 is 0 Å². The molecule has 0 aliphatic rings. The zero-order valence-corrected chi connectivity index (χ0v) is 14.2. The number of benzene rings is 1. The van der Waals surface area contributed by atoms with Crippen molar-refractivity contribution in [1.29, 1.82) is 0 Å². The molecule has 2 amide bonds. The van der Waals surface area contributed by atoms with E-state index in [-0.39, 0.29) is 36.2 Å². The second kappa shape index (κ2) is 8.48. The Morgan fingerprint density at radius 3 is 2.36 bits per heavy atom. The van der Waals surface area contributed by atoms with Crippen LogP contribution in [-0.4, -0.2) is 25.5 Å². The summed E-state index contributed by atoms with van der Waals surface area (Å²) < 4.78 is 5.04. The molecule has 4 N–H and O–H groups in total. The van der Waals surface area contributed by atoms with Gasteiger partial charge in [-0.1, -0.05) is 20.8 Å². The molecule has 0 bridgehead atoms. The van der Waals surface area contributed by atoms with Crippen LogP contribution in [-0.2, 0) is 9.59 Å². The monoisotopic (exact) mass is 329 g/mol. The van der Waals surface area contributed by atoms with E-state index in [9.17, 15) is 9.59 Å². The summed E-state index contributed by atoms with van der Waals surface area (Å²) >= 11 is 0. The second-order valence-electron chi connectivity index (χ2n) is 6.02. The van der Waals surface area contributed by atoms with Gasteiger partial charge in [-0.3, -0.25) is 9.59 Å². The quantitative estimate of drug-likeness (QED) is 0.722. The predicted octanol–water partition coefficient (Wildman–Crippen LogP) is 2.19. The molecule has 0 spiro atoms. The van der Waals surface area contributed by atoms with Crippen molar-refractivity contribution in [3.8, 4) is 5.75 Å². The predicted molar refractivity (Wildman–Crippen MR) is 90.4 cm³/mol. The van der Waals surface area contributed by atoms with Crippen molar-refractivity contribution in [2.45, 2.75) is 27.2 Å². The lowest BCUT2D eigenvalue weighted by Gasteiger charge is -2.17. The number of hydrogen-bond acceptors (Lipinski definition) is 4. The number of carbonyl (C=O) groups is 2. The fourth-order valence-corrected chi connectivity index (χ4v) is 1.74. The normalized spacial score (nSPS) is 10.4. The number of rotatable bonds is 5. The zero-order valence-electron chi connectivity index (χ0n) is 13.4. The molecule has 22 heavy (non-hydrogen) atoms. The Bertz CT molecular complexity index is 527. The van der Waals surface area contributed by atoms with Gasteiger partial charge in [0.25, 0.3) is 0 Å². The highest BCUT2D eigenvalue weighted by Crippen LogP contribution is 2.24. The van der Waals surface area contributed by atoms with Crippen molar-refractivity contribution in [1.82, 2.24) is 5.32 Å². The maximum Gasteiger partial charge on any atom is 0.243 e. The SMILES string of the molecule is COc1ccc(NC(=O)CNC(=O)CC(C)(C)C)cc1N.Cl. The first-order valence-electron chi connectivity index (χ1n) is 6.71. The number of ether oxygens (including phenoxy) is 1. The van der Waals surface area contributed by atoms with Crippen LogP contribution < -0.4 is 21.1 Å². The fourth-order valence-electron chi connectivity index (χ4n) is 1.74. The summed E-state index contributed by atoms with van der Waals surface area (Å²) in [5.41, 5.74) is 6.64. The number of nitrogen functional groups attached to an aromatic ring is 1. The van der Waals surface area contributed by atoms with E-state index in [4.69, 9.17) is 10.5 Å². The maximum atomic E-state index is 11.8. The van der Waals surface area contributed by atoms with E-state index in [0.29, 0.717) is 23.5 Å². The molecule has 0 heterocycles. The van der Waals surface area contributed by atoms with Crippen molar-refractivity contribution >= 4 is 35.6 Å². The topological polar surface area (TPSA) is 93.5 Å². The van der Waals surface area contributed by atoms with Gasteiger partial charge in [0.15, 0.2) is 0 Å². The lowest BCUT2D eigenvalue weighted by Crippen LogP contribution is -2.34. The number of anilines is 2. The number of hydrogen-bond donors (Lipinski definition) is 3. The van der Waals surface area contributed by atoms with E-state index in [0.717, 1.165) is 0 Å². The van der Waals surface area contributed by atoms with E-state index in [2.05, 4.69) is 10.6 Å². The molecule has 7 heteroatoms. The Kier molecular flexibility index (Phi) is 7.73. The molecule has 1 aromatic rings. The Morgan fingerprint density at radius 2 is 1.86 bits per heavy atom. The van der Waals surface area contributed by atoms with Crippen LogP contribution in [0.3, 0.4) is 0 Å². The van der Waals surface area contributed by atoms with Crippen LogP contribution in [0.5, 0.6) is 5.75 Å². The van der Waals surface area contributed by atoms with Gasteiger partial charge in [0.1, 0.15) is 5.75 Å². The van der Waals surface area contributed by atoms with Crippen LogP contribution in [0, 0.1) is 5.41 Å². The molecule has 1 rings (SSSR count). The second-order valence-corrected chi connectivity index (χ2v) is 6.02. The van der Waals surface area contributed by atoms with Gasteiger partial charge >= 0.3 is 0 Å². The van der Waals surface area contributed by atoms with Gasteiger partial charge in [0.2, 0.25) is 11.8 Å². The Hall–Kier alpha value is -1.95. The summed E-state index contributed by atoms with van der Waals surface area (Å²) in [5.74, 6) is 0.0974. The molecule has 0 radical (unpaired) electrons. The van der Waals surface area contributed by atoms with Crippen LogP contribution in [0.25, 0.3) is 0 Å². The van der Waals surface area contributed by atoms with Gasteiger partial charge in [-0.2, -0.15) is 0 Å². The number of carbonyl (C=O) groups excluding carboxylic acids is 2. The molecule has 0 atom stereocenters. The van der Waals surface area contributed by atoms with Crippen molar-refractivity contribution < 1.29 is 14.3 Å². The maximum absolute atomic E-state index is 11.8. The molecule has 0 unspecified atom stereocenters.